The Hall–Kier alpha value is -2.20. The highest BCUT2D eigenvalue weighted by molar-refractivity contribution is 6.32. The summed E-state index contributed by atoms with van der Waals surface area (Å²) in [5, 5.41) is 3.36. The van der Waals surface area contributed by atoms with Crippen LogP contribution in [0.5, 0.6) is 5.75 Å². The van der Waals surface area contributed by atoms with E-state index in [9.17, 15) is 4.79 Å². The molecule has 0 aliphatic carbocycles. The molecule has 1 saturated heterocycles. The lowest BCUT2D eigenvalue weighted by Crippen LogP contribution is -2.34. The van der Waals surface area contributed by atoms with Crippen LogP contribution in [-0.2, 0) is 6.54 Å². The summed E-state index contributed by atoms with van der Waals surface area (Å²) in [5.41, 5.74) is 2.86. The van der Waals surface area contributed by atoms with E-state index in [2.05, 4.69) is 41.4 Å². The Bertz CT molecular complexity index is 761. The fraction of sp³-hybridized carbons (Fsp3) is 0.381. The minimum Gasteiger partial charge on any atom is -0.495 e. The molecular weight excluding hydrogens is 348 g/mol. The van der Waals surface area contributed by atoms with Crippen LogP contribution in [0.3, 0.4) is 0 Å². The zero-order valence-electron chi connectivity index (χ0n) is 15.3. The van der Waals surface area contributed by atoms with E-state index in [1.54, 1.807) is 25.3 Å². The Balaban J connectivity index is 1.57. The predicted octanol–water partition coefficient (Wildman–Crippen LogP) is 4.51. The zero-order valence-corrected chi connectivity index (χ0v) is 16.1. The van der Waals surface area contributed by atoms with E-state index in [0.29, 0.717) is 22.9 Å². The Morgan fingerprint density at radius 2 is 2.04 bits per heavy atom. The number of hydrogen-bond donors (Lipinski definition) is 1. The minimum absolute atomic E-state index is 0.150. The van der Waals surface area contributed by atoms with Crippen molar-refractivity contribution < 1.29 is 9.53 Å². The molecule has 0 unspecified atom stereocenters. The molecule has 1 atom stereocenters. The highest BCUT2D eigenvalue weighted by Gasteiger charge is 2.16. The van der Waals surface area contributed by atoms with Gasteiger partial charge in [-0.2, -0.15) is 0 Å². The molecule has 0 radical (unpaired) electrons. The van der Waals surface area contributed by atoms with Crippen LogP contribution in [0.2, 0.25) is 5.02 Å². The number of carbonyl (C=O) groups excluding carboxylic acids is 1. The number of hydrogen-bond acceptors (Lipinski definition) is 3. The highest BCUT2D eigenvalue weighted by Crippen LogP contribution is 2.25. The Morgan fingerprint density at radius 1 is 1.27 bits per heavy atom. The third-order valence-corrected chi connectivity index (χ3v) is 5.12. The van der Waals surface area contributed by atoms with Gasteiger partial charge in [-0.3, -0.25) is 4.79 Å². The Kier molecular flexibility index (Phi) is 6.04. The third kappa shape index (κ3) is 4.50. The standard InChI is InChI=1S/C21H25ClN2O2/c1-15-4-3-11-24(14-15)18-8-5-16(6-9-18)13-23-21(25)17-7-10-20(26-2)19(22)12-17/h5-10,12,15H,3-4,11,13-14H2,1-2H3,(H,23,25)/t15-/m0/s1. The van der Waals surface area contributed by atoms with Crippen LogP contribution in [0.25, 0.3) is 0 Å². The first-order valence-electron chi connectivity index (χ1n) is 9.02. The number of carbonyl (C=O) groups is 1. The Labute approximate surface area is 160 Å². The molecule has 5 heteroatoms. The van der Waals surface area contributed by atoms with Gasteiger partial charge in [0.05, 0.1) is 12.1 Å². The monoisotopic (exact) mass is 372 g/mol. The molecule has 3 rings (SSSR count). The fourth-order valence-corrected chi connectivity index (χ4v) is 3.60. The van der Waals surface area contributed by atoms with Crippen molar-refractivity contribution >= 4 is 23.2 Å². The van der Waals surface area contributed by atoms with Crippen LogP contribution in [0.1, 0.15) is 35.7 Å². The summed E-state index contributed by atoms with van der Waals surface area (Å²) >= 11 is 6.08. The molecule has 0 aromatic heterocycles. The first kappa shape index (κ1) is 18.6. The summed E-state index contributed by atoms with van der Waals surface area (Å²) in [5.74, 6) is 1.16. The second kappa shape index (κ2) is 8.45. The molecule has 2 aromatic carbocycles. The summed E-state index contributed by atoms with van der Waals surface area (Å²) in [6.07, 6.45) is 2.57. The molecule has 2 aromatic rings. The number of benzene rings is 2. The van der Waals surface area contributed by atoms with E-state index in [0.717, 1.165) is 24.6 Å². The molecule has 0 spiro atoms. The second-order valence-electron chi connectivity index (χ2n) is 6.89. The van der Waals surface area contributed by atoms with Gasteiger partial charge in [0, 0.05) is 30.9 Å². The molecular formula is C21H25ClN2O2. The first-order chi connectivity index (χ1) is 12.6. The Morgan fingerprint density at radius 3 is 2.69 bits per heavy atom. The SMILES string of the molecule is COc1ccc(C(=O)NCc2ccc(N3CCC[C@H](C)C3)cc2)cc1Cl. The van der Waals surface area contributed by atoms with Gasteiger partial charge in [0.2, 0.25) is 0 Å². The van der Waals surface area contributed by atoms with Crippen LogP contribution >= 0.6 is 11.6 Å². The van der Waals surface area contributed by atoms with Gasteiger partial charge >= 0.3 is 0 Å². The number of anilines is 1. The maximum atomic E-state index is 12.3. The lowest BCUT2D eigenvalue weighted by molar-refractivity contribution is 0.0951. The minimum atomic E-state index is -0.150. The molecule has 1 fully saturated rings. The molecule has 1 heterocycles. The lowest BCUT2D eigenvalue weighted by atomic mass is 9.99. The highest BCUT2D eigenvalue weighted by atomic mass is 35.5. The van der Waals surface area contributed by atoms with Gasteiger partial charge in [0.25, 0.3) is 5.91 Å². The van der Waals surface area contributed by atoms with E-state index < -0.39 is 0 Å². The smallest absolute Gasteiger partial charge is 0.251 e. The van der Waals surface area contributed by atoms with Gasteiger partial charge in [0.15, 0.2) is 0 Å². The molecule has 0 bridgehead atoms. The number of nitrogens with one attached hydrogen (secondary N) is 1. The van der Waals surface area contributed by atoms with Crippen molar-refractivity contribution in [3.8, 4) is 5.75 Å². The number of nitrogens with zero attached hydrogens (tertiary/aromatic N) is 1. The summed E-state index contributed by atoms with van der Waals surface area (Å²) < 4.78 is 5.11. The summed E-state index contributed by atoms with van der Waals surface area (Å²) in [6.45, 7) is 5.04. The number of amides is 1. The van der Waals surface area contributed by atoms with Crippen molar-refractivity contribution in [2.24, 2.45) is 5.92 Å². The number of methoxy groups -OCH3 is 1. The van der Waals surface area contributed by atoms with E-state index in [-0.39, 0.29) is 5.91 Å². The van der Waals surface area contributed by atoms with Gasteiger partial charge in [-0.05, 0) is 54.7 Å². The summed E-state index contributed by atoms with van der Waals surface area (Å²) in [4.78, 5) is 14.7. The summed E-state index contributed by atoms with van der Waals surface area (Å²) in [7, 11) is 1.55. The quantitative estimate of drug-likeness (QED) is 0.839. The van der Waals surface area contributed by atoms with Gasteiger partial charge in [-0.15, -0.1) is 0 Å². The van der Waals surface area contributed by atoms with Crippen LogP contribution < -0.4 is 15.0 Å². The van der Waals surface area contributed by atoms with Crippen molar-refractivity contribution in [1.29, 1.82) is 0 Å². The second-order valence-corrected chi connectivity index (χ2v) is 7.30. The average Bonchev–Trinajstić information content (AvgIpc) is 2.66. The van der Waals surface area contributed by atoms with E-state index >= 15 is 0 Å². The molecule has 1 N–H and O–H groups in total. The maximum Gasteiger partial charge on any atom is 0.251 e. The topological polar surface area (TPSA) is 41.6 Å². The predicted molar refractivity (Wildman–Crippen MR) is 106 cm³/mol. The third-order valence-electron chi connectivity index (χ3n) is 4.83. The van der Waals surface area contributed by atoms with Crippen molar-refractivity contribution in [3.63, 3.8) is 0 Å². The molecule has 1 amide bonds. The summed E-state index contributed by atoms with van der Waals surface area (Å²) in [6, 6.07) is 13.5. The van der Waals surface area contributed by atoms with Crippen LogP contribution in [0.4, 0.5) is 5.69 Å². The number of halogens is 1. The van der Waals surface area contributed by atoms with E-state index in [1.807, 2.05) is 0 Å². The van der Waals surface area contributed by atoms with Gasteiger partial charge in [-0.1, -0.05) is 30.7 Å². The molecule has 26 heavy (non-hydrogen) atoms. The average molecular weight is 373 g/mol. The van der Waals surface area contributed by atoms with Crippen molar-refractivity contribution in [2.45, 2.75) is 26.3 Å². The van der Waals surface area contributed by atoms with E-state index in [4.69, 9.17) is 16.3 Å². The van der Waals surface area contributed by atoms with Crippen molar-refractivity contribution in [3.05, 3.63) is 58.6 Å². The molecule has 4 nitrogen and oxygen atoms in total. The molecule has 138 valence electrons. The maximum absolute atomic E-state index is 12.3. The number of rotatable bonds is 5. The first-order valence-corrected chi connectivity index (χ1v) is 9.40. The van der Waals surface area contributed by atoms with Crippen LogP contribution in [-0.4, -0.2) is 26.1 Å². The van der Waals surface area contributed by atoms with Crippen LogP contribution in [0, 0.1) is 5.92 Å². The number of ether oxygens (including phenoxy) is 1. The van der Waals surface area contributed by atoms with Crippen LogP contribution in [0.15, 0.2) is 42.5 Å². The molecule has 0 saturated carbocycles. The van der Waals surface area contributed by atoms with Crippen molar-refractivity contribution in [2.75, 3.05) is 25.1 Å². The fourth-order valence-electron chi connectivity index (χ4n) is 3.34. The van der Waals surface area contributed by atoms with Gasteiger partial charge in [-0.25, -0.2) is 0 Å². The zero-order chi connectivity index (χ0) is 18.5. The van der Waals surface area contributed by atoms with Gasteiger partial charge in [0.1, 0.15) is 5.75 Å². The largest absolute Gasteiger partial charge is 0.495 e. The van der Waals surface area contributed by atoms with E-state index in [1.165, 1.54) is 18.5 Å². The van der Waals surface area contributed by atoms with Gasteiger partial charge < -0.3 is 15.0 Å². The number of piperidine rings is 1. The van der Waals surface area contributed by atoms with Crippen molar-refractivity contribution in [1.82, 2.24) is 5.32 Å². The molecule has 1 aliphatic heterocycles. The normalized spacial score (nSPS) is 17.0. The lowest BCUT2D eigenvalue weighted by Gasteiger charge is -2.32. The molecule has 1 aliphatic rings.